The van der Waals surface area contributed by atoms with E-state index in [1.807, 2.05) is 0 Å². The molecule has 2 nitrogen and oxygen atoms in total. The third-order valence-electron chi connectivity index (χ3n) is 4.06. The van der Waals surface area contributed by atoms with Crippen LogP contribution in [0, 0.1) is 23.2 Å². The molecular formula is C16H22N2. The van der Waals surface area contributed by atoms with E-state index in [4.69, 9.17) is 5.26 Å². The lowest BCUT2D eigenvalue weighted by molar-refractivity contribution is 0.155. The fraction of sp³-hybridized carbons (Fsp3) is 0.562. The topological polar surface area (TPSA) is 27.0 Å². The third-order valence-corrected chi connectivity index (χ3v) is 4.06. The van der Waals surface area contributed by atoms with Gasteiger partial charge in [0.15, 0.2) is 0 Å². The highest BCUT2D eigenvalue weighted by Crippen LogP contribution is 2.27. The largest absolute Gasteiger partial charge is 0.299 e. The fourth-order valence-corrected chi connectivity index (χ4v) is 2.89. The third kappa shape index (κ3) is 3.34. The van der Waals surface area contributed by atoms with Crippen LogP contribution in [0.15, 0.2) is 30.3 Å². The van der Waals surface area contributed by atoms with Crippen molar-refractivity contribution in [1.82, 2.24) is 4.90 Å². The molecule has 1 unspecified atom stereocenters. The maximum absolute atomic E-state index is 9.12. The predicted molar refractivity (Wildman–Crippen MR) is 73.8 cm³/mol. The van der Waals surface area contributed by atoms with E-state index in [1.54, 1.807) is 0 Å². The van der Waals surface area contributed by atoms with Gasteiger partial charge in [-0.1, -0.05) is 37.3 Å². The number of nitrogens with zero attached hydrogens (tertiary/aromatic N) is 2. The van der Waals surface area contributed by atoms with Crippen molar-refractivity contribution in [2.75, 3.05) is 13.1 Å². The summed E-state index contributed by atoms with van der Waals surface area (Å²) in [4.78, 5) is 2.51. The lowest BCUT2D eigenvalue weighted by Crippen LogP contribution is -2.35. The van der Waals surface area contributed by atoms with Crippen LogP contribution in [0.25, 0.3) is 0 Å². The van der Waals surface area contributed by atoms with Crippen molar-refractivity contribution >= 4 is 0 Å². The molecule has 1 aliphatic heterocycles. The minimum absolute atomic E-state index is 0.267. The second-order valence-corrected chi connectivity index (χ2v) is 5.24. The Morgan fingerprint density at radius 3 is 2.50 bits per heavy atom. The highest BCUT2D eigenvalue weighted by molar-refractivity contribution is 5.14. The minimum atomic E-state index is 0.267. The lowest BCUT2D eigenvalue weighted by Gasteiger charge is -2.33. The Morgan fingerprint density at radius 1 is 1.28 bits per heavy atom. The molecule has 1 aromatic carbocycles. The van der Waals surface area contributed by atoms with Crippen LogP contribution in [0.3, 0.4) is 0 Å². The van der Waals surface area contributed by atoms with Gasteiger partial charge in [0.25, 0.3) is 0 Å². The molecule has 0 aliphatic carbocycles. The first-order chi connectivity index (χ1) is 8.83. The molecule has 0 radical (unpaired) electrons. The smallest absolute Gasteiger partial charge is 0.0658 e. The molecule has 0 saturated carbocycles. The maximum Gasteiger partial charge on any atom is 0.0658 e. The fourth-order valence-electron chi connectivity index (χ4n) is 2.89. The summed E-state index contributed by atoms with van der Waals surface area (Å²) in [5, 5.41) is 9.12. The van der Waals surface area contributed by atoms with Gasteiger partial charge in [0.1, 0.15) is 0 Å². The molecule has 1 atom stereocenters. The van der Waals surface area contributed by atoms with Crippen LogP contribution in [0.4, 0.5) is 0 Å². The second-order valence-electron chi connectivity index (χ2n) is 5.24. The van der Waals surface area contributed by atoms with Crippen LogP contribution in [-0.2, 0) is 6.54 Å². The van der Waals surface area contributed by atoms with Gasteiger partial charge in [-0.25, -0.2) is 0 Å². The van der Waals surface area contributed by atoms with Gasteiger partial charge in [-0.05, 0) is 43.8 Å². The van der Waals surface area contributed by atoms with Crippen LogP contribution in [-0.4, -0.2) is 18.0 Å². The molecule has 1 aliphatic rings. The van der Waals surface area contributed by atoms with E-state index in [0.29, 0.717) is 5.92 Å². The summed E-state index contributed by atoms with van der Waals surface area (Å²) in [5.41, 5.74) is 1.39. The molecule has 0 spiro atoms. The van der Waals surface area contributed by atoms with Gasteiger partial charge in [-0.3, -0.25) is 4.90 Å². The molecular weight excluding hydrogens is 220 g/mol. The zero-order valence-electron chi connectivity index (χ0n) is 11.2. The highest BCUT2D eigenvalue weighted by Gasteiger charge is 2.25. The molecule has 1 aromatic rings. The Bertz CT molecular complexity index is 385. The van der Waals surface area contributed by atoms with Crippen molar-refractivity contribution in [1.29, 1.82) is 5.26 Å². The number of rotatable bonds is 4. The number of benzene rings is 1. The number of likely N-dealkylation sites (tertiary alicyclic amines) is 1. The van der Waals surface area contributed by atoms with E-state index in [-0.39, 0.29) is 5.92 Å². The maximum atomic E-state index is 9.12. The monoisotopic (exact) mass is 242 g/mol. The number of nitriles is 1. The van der Waals surface area contributed by atoms with Crippen LogP contribution >= 0.6 is 0 Å². The van der Waals surface area contributed by atoms with Gasteiger partial charge in [-0.2, -0.15) is 5.26 Å². The molecule has 2 rings (SSSR count). The molecule has 18 heavy (non-hydrogen) atoms. The molecule has 0 bridgehead atoms. The highest BCUT2D eigenvalue weighted by atomic mass is 15.1. The van der Waals surface area contributed by atoms with Crippen LogP contribution < -0.4 is 0 Å². The zero-order chi connectivity index (χ0) is 12.8. The average molecular weight is 242 g/mol. The first-order valence-corrected chi connectivity index (χ1v) is 6.99. The van der Waals surface area contributed by atoms with Gasteiger partial charge in [-0.15, -0.1) is 0 Å². The molecule has 2 heteroatoms. The summed E-state index contributed by atoms with van der Waals surface area (Å²) in [6, 6.07) is 13.1. The van der Waals surface area contributed by atoms with E-state index in [9.17, 15) is 0 Å². The van der Waals surface area contributed by atoms with Crippen molar-refractivity contribution < 1.29 is 0 Å². The summed E-state index contributed by atoms with van der Waals surface area (Å²) < 4.78 is 0. The molecule has 0 N–H and O–H groups in total. The van der Waals surface area contributed by atoms with E-state index < -0.39 is 0 Å². The number of hydrogen-bond acceptors (Lipinski definition) is 2. The molecule has 0 amide bonds. The van der Waals surface area contributed by atoms with Crippen LogP contribution in [0.1, 0.15) is 31.7 Å². The van der Waals surface area contributed by atoms with Gasteiger partial charge in [0.2, 0.25) is 0 Å². The summed E-state index contributed by atoms with van der Waals surface area (Å²) in [5.74, 6) is 0.885. The van der Waals surface area contributed by atoms with Crippen molar-refractivity contribution in [3.63, 3.8) is 0 Å². The summed E-state index contributed by atoms with van der Waals surface area (Å²) >= 11 is 0. The first-order valence-electron chi connectivity index (χ1n) is 6.99. The Morgan fingerprint density at radius 2 is 1.94 bits per heavy atom. The minimum Gasteiger partial charge on any atom is -0.299 e. The Labute approximate surface area is 110 Å². The summed E-state index contributed by atoms with van der Waals surface area (Å²) in [6.07, 6.45) is 3.36. The number of hydrogen-bond donors (Lipinski definition) is 0. The quantitative estimate of drug-likeness (QED) is 0.808. The SMILES string of the molecule is CCC(C#N)C1CCN(Cc2ccccc2)CC1. The van der Waals surface area contributed by atoms with Crippen LogP contribution in [0.2, 0.25) is 0 Å². The molecule has 96 valence electrons. The van der Waals surface area contributed by atoms with Crippen molar-refractivity contribution in [3.8, 4) is 6.07 Å². The van der Waals surface area contributed by atoms with Gasteiger partial charge >= 0.3 is 0 Å². The Hall–Kier alpha value is -1.33. The van der Waals surface area contributed by atoms with Crippen molar-refractivity contribution in [2.45, 2.75) is 32.7 Å². The van der Waals surface area contributed by atoms with Gasteiger partial charge in [0.05, 0.1) is 6.07 Å². The Balaban J connectivity index is 1.82. The average Bonchev–Trinajstić information content (AvgIpc) is 2.43. The van der Waals surface area contributed by atoms with E-state index in [2.05, 4.69) is 48.2 Å². The predicted octanol–water partition coefficient (Wildman–Crippen LogP) is 3.45. The van der Waals surface area contributed by atoms with Gasteiger partial charge in [0, 0.05) is 12.5 Å². The summed E-state index contributed by atoms with van der Waals surface area (Å²) in [7, 11) is 0. The second kappa shape index (κ2) is 6.56. The van der Waals surface area contributed by atoms with Crippen molar-refractivity contribution in [3.05, 3.63) is 35.9 Å². The molecule has 1 saturated heterocycles. The molecule has 0 aromatic heterocycles. The van der Waals surface area contributed by atoms with Gasteiger partial charge < -0.3 is 0 Å². The standard InChI is InChI=1S/C16H22N2/c1-2-15(12-17)16-8-10-18(11-9-16)13-14-6-4-3-5-7-14/h3-7,15-16H,2,8-11,13H2,1H3. The normalized spacial score (nSPS) is 19.3. The first kappa shape index (κ1) is 13.1. The van der Waals surface area contributed by atoms with Crippen molar-refractivity contribution in [2.24, 2.45) is 11.8 Å². The number of piperidine rings is 1. The summed E-state index contributed by atoms with van der Waals surface area (Å²) in [6.45, 7) is 5.45. The van der Waals surface area contributed by atoms with Crippen LogP contribution in [0.5, 0.6) is 0 Å². The lowest BCUT2D eigenvalue weighted by atomic mass is 9.83. The Kier molecular flexibility index (Phi) is 4.78. The zero-order valence-corrected chi connectivity index (χ0v) is 11.2. The molecule has 1 fully saturated rings. The molecule has 1 heterocycles. The van der Waals surface area contributed by atoms with E-state index in [1.165, 1.54) is 18.4 Å². The van der Waals surface area contributed by atoms with E-state index >= 15 is 0 Å². The van der Waals surface area contributed by atoms with E-state index in [0.717, 1.165) is 26.1 Å².